The van der Waals surface area contributed by atoms with Crippen molar-refractivity contribution in [1.29, 1.82) is 5.26 Å². The van der Waals surface area contributed by atoms with Crippen LogP contribution in [0.4, 0.5) is 0 Å². The van der Waals surface area contributed by atoms with Crippen molar-refractivity contribution in [2.75, 3.05) is 26.4 Å². The molecule has 0 spiro atoms. The second-order valence-electron chi connectivity index (χ2n) is 5.58. The summed E-state index contributed by atoms with van der Waals surface area (Å²) in [7, 11) is 0. The lowest BCUT2D eigenvalue weighted by molar-refractivity contribution is 0.0330. The van der Waals surface area contributed by atoms with E-state index in [0.717, 1.165) is 0 Å². The minimum atomic E-state index is -0.0673. The van der Waals surface area contributed by atoms with Crippen LogP contribution in [0.3, 0.4) is 0 Å². The van der Waals surface area contributed by atoms with E-state index in [2.05, 4.69) is 12.6 Å². The zero-order valence-electron chi connectivity index (χ0n) is 12.3. The van der Waals surface area contributed by atoms with Gasteiger partial charge in [-0.2, -0.15) is 5.26 Å². The lowest BCUT2D eigenvalue weighted by atomic mass is 10.0. The van der Waals surface area contributed by atoms with Gasteiger partial charge in [-0.15, -0.1) is 6.58 Å². The van der Waals surface area contributed by atoms with Crippen LogP contribution in [0.2, 0.25) is 0 Å². The number of amides is 1. The maximum Gasteiger partial charge on any atom is 0.254 e. The van der Waals surface area contributed by atoms with E-state index in [1.807, 2.05) is 4.90 Å². The normalized spacial score (nSPS) is 26.5. The third-order valence-electron chi connectivity index (χ3n) is 4.28. The van der Waals surface area contributed by atoms with Gasteiger partial charge < -0.3 is 14.4 Å². The number of fused-ring (bicyclic) bond motifs is 1. The summed E-state index contributed by atoms with van der Waals surface area (Å²) >= 11 is 0. The highest BCUT2D eigenvalue weighted by atomic mass is 16.5. The zero-order chi connectivity index (χ0) is 15.5. The van der Waals surface area contributed by atoms with Crippen LogP contribution in [0, 0.1) is 17.2 Å². The molecule has 2 aliphatic rings. The Kier molecular flexibility index (Phi) is 4.23. The molecule has 2 fully saturated rings. The number of benzene rings is 1. The molecule has 1 aromatic rings. The van der Waals surface area contributed by atoms with E-state index < -0.39 is 0 Å². The molecule has 5 heteroatoms. The second kappa shape index (κ2) is 6.30. The number of hydrogen-bond donors (Lipinski definition) is 0. The van der Waals surface area contributed by atoms with Gasteiger partial charge in [-0.3, -0.25) is 4.79 Å². The average Bonchev–Trinajstić information content (AvgIpc) is 3.15. The van der Waals surface area contributed by atoms with Gasteiger partial charge >= 0.3 is 0 Å². The summed E-state index contributed by atoms with van der Waals surface area (Å²) < 4.78 is 11.3. The molecule has 2 saturated heterocycles. The molecule has 0 N–H and O–H groups in total. The number of hydrogen-bond acceptors (Lipinski definition) is 4. The van der Waals surface area contributed by atoms with Crippen molar-refractivity contribution in [3.8, 4) is 6.07 Å². The number of likely N-dealkylation sites (tertiary alicyclic amines) is 1. The highest BCUT2D eigenvalue weighted by Gasteiger charge is 2.47. The standard InChI is InChI=1S/C17H18N2O3/c1-2-6-22-16-9-19(15-11-21-10-14(15)16)17(20)13-5-3-4-12(7-13)8-18/h2-5,7,14-16H,1,6,9-11H2/t14-,15+,16+/m1/s1. The lowest BCUT2D eigenvalue weighted by Gasteiger charge is -2.22. The van der Waals surface area contributed by atoms with Crippen LogP contribution < -0.4 is 0 Å². The molecule has 114 valence electrons. The fourth-order valence-electron chi connectivity index (χ4n) is 3.19. The van der Waals surface area contributed by atoms with Gasteiger partial charge in [-0.05, 0) is 18.2 Å². The van der Waals surface area contributed by atoms with Gasteiger partial charge in [0.2, 0.25) is 0 Å². The van der Waals surface area contributed by atoms with Crippen molar-refractivity contribution in [1.82, 2.24) is 4.90 Å². The molecule has 0 radical (unpaired) electrons. The summed E-state index contributed by atoms with van der Waals surface area (Å²) in [6.45, 7) is 5.85. The molecule has 0 aliphatic carbocycles. The summed E-state index contributed by atoms with van der Waals surface area (Å²) in [5.41, 5.74) is 1.03. The van der Waals surface area contributed by atoms with E-state index in [9.17, 15) is 4.79 Å². The van der Waals surface area contributed by atoms with E-state index in [1.54, 1.807) is 30.3 Å². The number of carbonyl (C=O) groups is 1. The molecule has 1 amide bonds. The van der Waals surface area contributed by atoms with E-state index in [1.165, 1.54) is 0 Å². The van der Waals surface area contributed by atoms with E-state index in [4.69, 9.17) is 14.7 Å². The Hall–Kier alpha value is -2.16. The number of ether oxygens (including phenoxy) is 2. The van der Waals surface area contributed by atoms with E-state index in [0.29, 0.717) is 37.5 Å². The monoisotopic (exact) mass is 298 g/mol. The molecule has 3 rings (SSSR count). The molecule has 1 aromatic carbocycles. The summed E-state index contributed by atoms with van der Waals surface area (Å²) in [6, 6.07) is 8.91. The van der Waals surface area contributed by atoms with Crippen molar-refractivity contribution in [2.24, 2.45) is 5.92 Å². The van der Waals surface area contributed by atoms with Gasteiger partial charge in [0.05, 0.1) is 43.6 Å². The Morgan fingerprint density at radius 1 is 1.55 bits per heavy atom. The average molecular weight is 298 g/mol. The molecule has 22 heavy (non-hydrogen) atoms. The summed E-state index contributed by atoms with van der Waals surface area (Å²) in [5, 5.41) is 8.97. The molecule has 0 aromatic heterocycles. The first kappa shape index (κ1) is 14.8. The summed E-state index contributed by atoms with van der Waals surface area (Å²) in [6.07, 6.45) is 1.69. The number of carbonyl (C=O) groups excluding carboxylic acids is 1. The lowest BCUT2D eigenvalue weighted by Crippen LogP contribution is -2.38. The van der Waals surface area contributed by atoms with Gasteiger partial charge in [0.1, 0.15) is 0 Å². The fourth-order valence-corrected chi connectivity index (χ4v) is 3.19. The molecular formula is C17H18N2O3. The van der Waals surface area contributed by atoms with Crippen molar-refractivity contribution >= 4 is 5.91 Å². The Morgan fingerprint density at radius 2 is 2.41 bits per heavy atom. The summed E-state index contributed by atoms with van der Waals surface area (Å²) in [5.74, 6) is 0.144. The zero-order valence-corrected chi connectivity index (χ0v) is 12.3. The topological polar surface area (TPSA) is 62.6 Å². The molecule has 5 nitrogen and oxygen atoms in total. The second-order valence-corrected chi connectivity index (χ2v) is 5.58. The first-order valence-corrected chi connectivity index (χ1v) is 7.36. The molecule has 2 heterocycles. The SMILES string of the molecule is C=CCO[C@H]1CN(C(=O)c2cccc(C#N)c2)[C@H]2COC[C@@H]12. The van der Waals surface area contributed by atoms with E-state index in [-0.39, 0.29) is 24.0 Å². The highest BCUT2D eigenvalue weighted by Crippen LogP contribution is 2.33. The fraction of sp³-hybridized carbons (Fsp3) is 0.412. The Morgan fingerprint density at radius 3 is 3.18 bits per heavy atom. The highest BCUT2D eigenvalue weighted by molar-refractivity contribution is 5.95. The minimum absolute atomic E-state index is 0.0198. The Bertz CT molecular complexity index is 623. The maximum atomic E-state index is 12.8. The first-order chi connectivity index (χ1) is 10.7. The number of nitrogens with zero attached hydrogens (tertiary/aromatic N) is 2. The quantitative estimate of drug-likeness (QED) is 0.792. The Balaban J connectivity index is 1.80. The van der Waals surface area contributed by atoms with Crippen molar-refractivity contribution < 1.29 is 14.3 Å². The van der Waals surface area contributed by atoms with Gasteiger partial charge in [0, 0.05) is 18.0 Å². The van der Waals surface area contributed by atoms with Crippen LogP contribution in [0.25, 0.3) is 0 Å². The van der Waals surface area contributed by atoms with Crippen LogP contribution in [0.15, 0.2) is 36.9 Å². The van der Waals surface area contributed by atoms with Crippen molar-refractivity contribution in [3.63, 3.8) is 0 Å². The maximum absolute atomic E-state index is 12.8. The molecular weight excluding hydrogens is 280 g/mol. The molecule has 2 aliphatic heterocycles. The molecule has 0 unspecified atom stereocenters. The molecule has 0 saturated carbocycles. The third-order valence-corrected chi connectivity index (χ3v) is 4.28. The predicted molar refractivity (Wildman–Crippen MR) is 80.2 cm³/mol. The number of nitriles is 1. The van der Waals surface area contributed by atoms with Gasteiger partial charge in [0.15, 0.2) is 0 Å². The van der Waals surface area contributed by atoms with Gasteiger partial charge in [0.25, 0.3) is 5.91 Å². The minimum Gasteiger partial charge on any atom is -0.379 e. The van der Waals surface area contributed by atoms with Crippen LogP contribution in [0.1, 0.15) is 15.9 Å². The van der Waals surface area contributed by atoms with Crippen LogP contribution in [0.5, 0.6) is 0 Å². The summed E-state index contributed by atoms with van der Waals surface area (Å²) in [4.78, 5) is 14.6. The van der Waals surface area contributed by atoms with Gasteiger partial charge in [-0.25, -0.2) is 0 Å². The smallest absolute Gasteiger partial charge is 0.254 e. The Labute approximate surface area is 129 Å². The van der Waals surface area contributed by atoms with Crippen LogP contribution >= 0.6 is 0 Å². The largest absolute Gasteiger partial charge is 0.379 e. The van der Waals surface area contributed by atoms with E-state index >= 15 is 0 Å². The third kappa shape index (κ3) is 2.63. The van der Waals surface area contributed by atoms with Gasteiger partial charge in [-0.1, -0.05) is 12.1 Å². The molecule has 3 atom stereocenters. The molecule has 0 bridgehead atoms. The number of rotatable bonds is 4. The van der Waals surface area contributed by atoms with Crippen molar-refractivity contribution in [3.05, 3.63) is 48.0 Å². The first-order valence-electron chi connectivity index (χ1n) is 7.36. The van der Waals surface area contributed by atoms with Crippen molar-refractivity contribution in [2.45, 2.75) is 12.1 Å². The predicted octanol–water partition coefficient (Wildman–Crippen LogP) is 1.60. The van der Waals surface area contributed by atoms with Crippen LogP contribution in [-0.4, -0.2) is 49.3 Å². The van der Waals surface area contributed by atoms with Crippen LogP contribution in [-0.2, 0) is 9.47 Å².